The van der Waals surface area contributed by atoms with Gasteiger partial charge in [0, 0.05) is 24.7 Å². The van der Waals surface area contributed by atoms with Crippen molar-refractivity contribution in [2.24, 2.45) is 0 Å². The van der Waals surface area contributed by atoms with Gasteiger partial charge in [0.1, 0.15) is 0 Å². The van der Waals surface area contributed by atoms with Crippen LogP contribution in [0.4, 0.5) is 18.9 Å². The van der Waals surface area contributed by atoms with Crippen molar-refractivity contribution in [2.75, 3.05) is 11.4 Å². The first kappa shape index (κ1) is 18.7. The van der Waals surface area contributed by atoms with Gasteiger partial charge in [-0.15, -0.1) is 0 Å². The lowest BCUT2D eigenvalue weighted by atomic mass is 9.88. The molecule has 28 heavy (non-hydrogen) atoms. The van der Waals surface area contributed by atoms with E-state index in [0.717, 1.165) is 47.4 Å². The Morgan fingerprint density at radius 1 is 1.04 bits per heavy atom. The average Bonchev–Trinajstić information content (AvgIpc) is 2.67. The average molecular weight is 387 g/mol. The number of carbonyl (C=O) groups excluding carboxylic acids is 1. The second-order valence-corrected chi connectivity index (χ2v) is 7.30. The van der Waals surface area contributed by atoms with Gasteiger partial charge in [0.15, 0.2) is 0 Å². The number of alkyl halides is 3. The number of aryl methyl sites for hydroxylation is 1. The number of carbonyl (C=O) groups is 1. The Balaban J connectivity index is 1.59. The summed E-state index contributed by atoms with van der Waals surface area (Å²) in [5.74, 6) is -0.186. The summed E-state index contributed by atoms with van der Waals surface area (Å²) in [6, 6.07) is 10.8. The van der Waals surface area contributed by atoms with E-state index in [2.05, 4.69) is 0 Å². The van der Waals surface area contributed by atoms with Crippen LogP contribution in [-0.2, 0) is 23.8 Å². The zero-order chi connectivity index (χ0) is 19.9. The molecule has 1 unspecified atom stereocenters. The Hall–Kier alpha value is -2.60. The van der Waals surface area contributed by atoms with Gasteiger partial charge in [-0.05, 0) is 59.7 Å². The highest BCUT2D eigenvalue weighted by Crippen LogP contribution is 2.35. The number of hydrogen-bond acceptors (Lipinski definition) is 2. The summed E-state index contributed by atoms with van der Waals surface area (Å²) in [7, 11) is 0. The first-order valence-electron chi connectivity index (χ1n) is 9.31. The van der Waals surface area contributed by atoms with Gasteiger partial charge >= 0.3 is 6.18 Å². The fourth-order valence-electron chi connectivity index (χ4n) is 3.99. The number of benzene rings is 2. The van der Waals surface area contributed by atoms with Crippen LogP contribution >= 0.6 is 0 Å². The van der Waals surface area contributed by atoms with Crippen LogP contribution in [0.15, 0.2) is 48.5 Å². The molecule has 1 heterocycles. The largest absolute Gasteiger partial charge is 0.416 e. The van der Waals surface area contributed by atoms with Crippen molar-refractivity contribution in [3.8, 4) is 0 Å². The van der Waals surface area contributed by atoms with Crippen molar-refractivity contribution >= 4 is 17.2 Å². The molecule has 1 aliphatic carbocycles. The highest BCUT2D eigenvalue weighted by molar-refractivity contribution is 6.08. The molecule has 1 amide bonds. The van der Waals surface area contributed by atoms with Crippen molar-refractivity contribution < 1.29 is 23.1 Å². The first-order valence-corrected chi connectivity index (χ1v) is 9.31. The van der Waals surface area contributed by atoms with E-state index in [-0.39, 0.29) is 5.91 Å². The lowest BCUT2D eigenvalue weighted by molar-refractivity contribution is -0.137. The van der Waals surface area contributed by atoms with Crippen molar-refractivity contribution in [2.45, 2.75) is 38.0 Å². The van der Waals surface area contributed by atoms with Gasteiger partial charge in [-0.25, -0.2) is 0 Å². The van der Waals surface area contributed by atoms with Crippen LogP contribution < -0.4 is 4.90 Å². The van der Waals surface area contributed by atoms with Crippen LogP contribution in [0.3, 0.4) is 0 Å². The molecule has 2 aliphatic rings. The Kier molecular flexibility index (Phi) is 4.75. The minimum absolute atomic E-state index is 0.186. The SMILES string of the molecule is O=C1C=C(c2ccc(C(F)(F)F)cc2)CCN1c1cccc2c1CC(O)CC2. The standard InChI is InChI=1S/C22H20F3NO2/c23-22(24,25)17-7-4-14(5-8-17)16-10-11-26(21(28)12-16)20-3-1-2-15-6-9-18(27)13-19(15)20/h1-5,7-8,12,18,27H,6,9-11,13H2. The first-order chi connectivity index (χ1) is 13.3. The molecule has 3 nitrogen and oxygen atoms in total. The molecular formula is C22H20F3NO2. The van der Waals surface area contributed by atoms with Gasteiger partial charge in [-0.2, -0.15) is 13.2 Å². The molecule has 6 heteroatoms. The smallest absolute Gasteiger partial charge is 0.393 e. The number of amides is 1. The fraction of sp³-hybridized carbons (Fsp3) is 0.318. The van der Waals surface area contributed by atoms with Crippen molar-refractivity contribution in [3.05, 3.63) is 70.8 Å². The number of nitrogens with zero attached hydrogens (tertiary/aromatic N) is 1. The highest BCUT2D eigenvalue weighted by Gasteiger charge is 2.30. The van der Waals surface area contributed by atoms with Gasteiger partial charge < -0.3 is 10.0 Å². The van der Waals surface area contributed by atoms with E-state index in [1.807, 2.05) is 18.2 Å². The van der Waals surface area contributed by atoms with Crippen molar-refractivity contribution in [1.29, 1.82) is 0 Å². The highest BCUT2D eigenvalue weighted by atomic mass is 19.4. The topological polar surface area (TPSA) is 40.5 Å². The summed E-state index contributed by atoms with van der Waals surface area (Å²) >= 11 is 0. The molecule has 4 rings (SSSR count). The molecule has 1 N–H and O–H groups in total. The molecule has 0 saturated heterocycles. The summed E-state index contributed by atoms with van der Waals surface area (Å²) in [5, 5.41) is 10.0. The molecule has 0 spiro atoms. The molecule has 0 saturated carbocycles. The quantitative estimate of drug-likeness (QED) is 0.831. The van der Waals surface area contributed by atoms with E-state index in [1.165, 1.54) is 18.2 Å². The predicted octanol–water partition coefficient (Wildman–Crippen LogP) is 4.38. The number of hydrogen-bond donors (Lipinski definition) is 1. The molecule has 0 radical (unpaired) electrons. The normalized spacial score (nSPS) is 20.0. The van der Waals surface area contributed by atoms with Crippen LogP contribution in [0.25, 0.3) is 5.57 Å². The van der Waals surface area contributed by atoms with E-state index >= 15 is 0 Å². The summed E-state index contributed by atoms with van der Waals surface area (Å²) < 4.78 is 38.2. The minimum Gasteiger partial charge on any atom is -0.393 e. The molecule has 1 aliphatic heterocycles. The molecular weight excluding hydrogens is 367 g/mol. The summed E-state index contributed by atoms with van der Waals surface area (Å²) in [6.45, 7) is 0.457. The number of aliphatic hydroxyl groups is 1. The molecule has 2 aromatic carbocycles. The van der Waals surface area contributed by atoms with Gasteiger partial charge in [-0.1, -0.05) is 24.3 Å². The van der Waals surface area contributed by atoms with Crippen LogP contribution in [-0.4, -0.2) is 23.7 Å². The maximum atomic E-state index is 12.8. The van der Waals surface area contributed by atoms with E-state index in [9.17, 15) is 23.1 Å². The molecule has 1 atom stereocenters. The fourth-order valence-corrected chi connectivity index (χ4v) is 3.99. The van der Waals surface area contributed by atoms with Crippen molar-refractivity contribution in [3.63, 3.8) is 0 Å². The van der Waals surface area contributed by atoms with Gasteiger partial charge in [0.05, 0.1) is 11.7 Å². The van der Waals surface area contributed by atoms with Crippen LogP contribution in [0, 0.1) is 0 Å². The van der Waals surface area contributed by atoms with Crippen LogP contribution in [0.1, 0.15) is 35.1 Å². The van der Waals surface area contributed by atoms with E-state index < -0.39 is 17.8 Å². The summed E-state index contributed by atoms with van der Waals surface area (Å²) in [4.78, 5) is 14.5. The van der Waals surface area contributed by atoms with Crippen LogP contribution in [0.2, 0.25) is 0 Å². The number of halogens is 3. The van der Waals surface area contributed by atoms with Crippen molar-refractivity contribution in [1.82, 2.24) is 0 Å². The molecule has 146 valence electrons. The molecule has 0 bridgehead atoms. The minimum atomic E-state index is -4.37. The summed E-state index contributed by atoms with van der Waals surface area (Å²) in [5.41, 5.74) is 3.67. The molecule has 0 aromatic heterocycles. The number of anilines is 1. The molecule has 2 aromatic rings. The zero-order valence-corrected chi connectivity index (χ0v) is 15.2. The second kappa shape index (κ2) is 7.09. The lowest BCUT2D eigenvalue weighted by Gasteiger charge is -2.31. The Labute approximate surface area is 161 Å². The summed E-state index contributed by atoms with van der Waals surface area (Å²) in [6.07, 6.45) is -0.657. The van der Waals surface area contributed by atoms with E-state index in [1.54, 1.807) is 4.90 Å². The van der Waals surface area contributed by atoms with E-state index in [4.69, 9.17) is 0 Å². The predicted molar refractivity (Wildman–Crippen MR) is 101 cm³/mol. The number of rotatable bonds is 2. The second-order valence-electron chi connectivity index (χ2n) is 7.30. The van der Waals surface area contributed by atoms with Gasteiger partial charge in [0.2, 0.25) is 0 Å². The van der Waals surface area contributed by atoms with Gasteiger partial charge in [0.25, 0.3) is 5.91 Å². The van der Waals surface area contributed by atoms with Gasteiger partial charge in [-0.3, -0.25) is 4.79 Å². The zero-order valence-electron chi connectivity index (χ0n) is 15.2. The lowest BCUT2D eigenvalue weighted by Crippen LogP contribution is -2.35. The Bertz CT molecular complexity index is 932. The number of fused-ring (bicyclic) bond motifs is 1. The monoisotopic (exact) mass is 387 g/mol. The Morgan fingerprint density at radius 3 is 2.46 bits per heavy atom. The Morgan fingerprint density at radius 2 is 1.79 bits per heavy atom. The number of aliphatic hydroxyl groups excluding tert-OH is 1. The third-order valence-electron chi connectivity index (χ3n) is 5.48. The third kappa shape index (κ3) is 3.56. The third-order valence-corrected chi connectivity index (χ3v) is 5.48. The molecule has 0 fully saturated rings. The van der Waals surface area contributed by atoms with Crippen LogP contribution in [0.5, 0.6) is 0 Å². The van der Waals surface area contributed by atoms with E-state index in [0.29, 0.717) is 24.9 Å². The maximum absolute atomic E-state index is 12.8. The maximum Gasteiger partial charge on any atom is 0.416 e.